The molecule has 1 aliphatic heterocycles. The normalized spacial score (nSPS) is 21.0. The highest BCUT2D eigenvalue weighted by Crippen LogP contribution is 2.09. The third kappa shape index (κ3) is 2.61. The fourth-order valence-corrected chi connectivity index (χ4v) is 2.35. The molecule has 0 aromatic carbocycles. The van der Waals surface area contributed by atoms with Crippen LogP contribution in [0.1, 0.15) is 29.6 Å². The summed E-state index contributed by atoms with van der Waals surface area (Å²) in [5, 5.41) is 9.19. The average Bonchev–Trinajstić information content (AvgIpc) is 2.73. The van der Waals surface area contributed by atoms with Crippen molar-refractivity contribution in [3.8, 4) is 0 Å². The Morgan fingerprint density at radius 3 is 3.12 bits per heavy atom. The summed E-state index contributed by atoms with van der Waals surface area (Å²) in [6.07, 6.45) is 2.67. The summed E-state index contributed by atoms with van der Waals surface area (Å²) in [4.78, 5) is 23.3. The Morgan fingerprint density at radius 2 is 2.38 bits per heavy atom. The topological polar surface area (TPSA) is 58.2 Å². The van der Waals surface area contributed by atoms with Crippen LogP contribution in [0.3, 0.4) is 0 Å². The number of hydrogen-bond acceptors (Lipinski definition) is 3. The van der Waals surface area contributed by atoms with Gasteiger partial charge in [0, 0.05) is 11.9 Å². The molecule has 0 aliphatic carbocycles. The van der Waals surface area contributed by atoms with E-state index in [1.54, 1.807) is 11.4 Å². The predicted molar refractivity (Wildman–Crippen MR) is 62.4 cm³/mol. The number of amides is 2. The first-order valence-electron chi connectivity index (χ1n) is 5.38. The lowest BCUT2D eigenvalue weighted by molar-refractivity contribution is -0.122. The average molecular weight is 238 g/mol. The van der Waals surface area contributed by atoms with E-state index >= 15 is 0 Å². The number of carbonyl (C=O) groups is 2. The molecule has 5 heteroatoms. The van der Waals surface area contributed by atoms with Gasteiger partial charge in [-0.2, -0.15) is 11.3 Å². The van der Waals surface area contributed by atoms with Gasteiger partial charge in [0.1, 0.15) is 6.04 Å². The lowest BCUT2D eigenvalue weighted by Gasteiger charge is -2.14. The smallest absolute Gasteiger partial charge is 0.252 e. The minimum absolute atomic E-state index is 0.0684. The van der Waals surface area contributed by atoms with Crippen LogP contribution >= 0.6 is 11.3 Å². The molecule has 2 N–H and O–H groups in total. The number of hydrogen-bond donors (Lipinski definition) is 2. The van der Waals surface area contributed by atoms with Gasteiger partial charge in [-0.25, -0.2) is 0 Å². The van der Waals surface area contributed by atoms with Gasteiger partial charge >= 0.3 is 0 Å². The summed E-state index contributed by atoms with van der Waals surface area (Å²) in [5.74, 6) is -0.232. The Labute approximate surface area is 98.0 Å². The minimum Gasteiger partial charge on any atom is -0.354 e. The first-order valence-corrected chi connectivity index (χ1v) is 6.32. The first kappa shape index (κ1) is 11.1. The van der Waals surface area contributed by atoms with Gasteiger partial charge in [-0.1, -0.05) is 0 Å². The molecular formula is C11H14N2O2S. The van der Waals surface area contributed by atoms with Crippen molar-refractivity contribution in [2.45, 2.75) is 25.3 Å². The fourth-order valence-electron chi connectivity index (χ4n) is 1.71. The van der Waals surface area contributed by atoms with Gasteiger partial charge in [-0.15, -0.1) is 0 Å². The van der Waals surface area contributed by atoms with Crippen LogP contribution in [0.5, 0.6) is 0 Å². The van der Waals surface area contributed by atoms with Gasteiger partial charge in [0.05, 0.1) is 5.56 Å². The van der Waals surface area contributed by atoms with Crippen molar-refractivity contribution < 1.29 is 9.59 Å². The van der Waals surface area contributed by atoms with Crippen LogP contribution in [0.15, 0.2) is 16.8 Å². The molecule has 0 spiro atoms. The maximum atomic E-state index is 11.7. The minimum atomic E-state index is -0.380. The van der Waals surface area contributed by atoms with Gasteiger partial charge in [-0.05, 0) is 30.7 Å². The van der Waals surface area contributed by atoms with Crippen molar-refractivity contribution in [1.29, 1.82) is 0 Å². The van der Waals surface area contributed by atoms with E-state index in [0.29, 0.717) is 12.1 Å². The highest BCUT2D eigenvalue weighted by atomic mass is 32.1. The Hall–Kier alpha value is -1.36. The number of nitrogens with one attached hydrogen (secondary N) is 2. The monoisotopic (exact) mass is 238 g/mol. The van der Waals surface area contributed by atoms with E-state index in [1.807, 2.05) is 5.38 Å². The molecule has 1 aromatic rings. The maximum Gasteiger partial charge on any atom is 0.252 e. The van der Waals surface area contributed by atoms with Gasteiger partial charge in [0.2, 0.25) is 5.91 Å². The highest BCUT2D eigenvalue weighted by molar-refractivity contribution is 7.08. The molecule has 16 heavy (non-hydrogen) atoms. The zero-order chi connectivity index (χ0) is 11.4. The molecule has 1 fully saturated rings. The van der Waals surface area contributed by atoms with Crippen molar-refractivity contribution >= 4 is 23.2 Å². The molecular weight excluding hydrogens is 224 g/mol. The summed E-state index contributed by atoms with van der Waals surface area (Å²) in [5.41, 5.74) is 0.627. The predicted octanol–water partition coefficient (Wildman–Crippen LogP) is 1.15. The van der Waals surface area contributed by atoms with Gasteiger partial charge in [0.25, 0.3) is 5.91 Å². The highest BCUT2D eigenvalue weighted by Gasteiger charge is 2.22. The van der Waals surface area contributed by atoms with E-state index < -0.39 is 0 Å². The summed E-state index contributed by atoms with van der Waals surface area (Å²) in [7, 11) is 0. The van der Waals surface area contributed by atoms with Crippen LogP contribution in [-0.2, 0) is 4.79 Å². The molecule has 0 unspecified atom stereocenters. The van der Waals surface area contributed by atoms with Crippen LogP contribution in [0.25, 0.3) is 0 Å². The molecule has 2 rings (SSSR count). The number of thiophene rings is 1. The van der Waals surface area contributed by atoms with Crippen molar-refractivity contribution in [3.05, 3.63) is 22.4 Å². The van der Waals surface area contributed by atoms with Crippen molar-refractivity contribution in [2.24, 2.45) is 0 Å². The van der Waals surface area contributed by atoms with Crippen molar-refractivity contribution in [3.63, 3.8) is 0 Å². The zero-order valence-corrected chi connectivity index (χ0v) is 9.68. The van der Waals surface area contributed by atoms with Crippen LogP contribution in [-0.4, -0.2) is 24.4 Å². The van der Waals surface area contributed by atoms with E-state index in [-0.39, 0.29) is 17.9 Å². The second kappa shape index (κ2) is 5.12. The number of carbonyl (C=O) groups excluding carboxylic acids is 2. The van der Waals surface area contributed by atoms with Crippen LogP contribution in [0.4, 0.5) is 0 Å². The Bertz CT molecular complexity index is 375. The summed E-state index contributed by atoms with van der Waals surface area (Å²) < 4.78 is 0. The molecule has 1 aromatic heterocycles. The van der Waals surface area contributed by atoms with Crippen LogP contribution in [0, 0.1) is 0 Å². The molecule has 2 heterocycles. The summed E-state index contributed by atoms with van der Waals surface area (Å²) >= 11 is 1.47. The molecule has 1 saturated heterocycles. The summed E-state index contributed by atoms with van der Waals surface area (Å²) in [6.45, 7) is 0.712. The fraction of sp³-hybridized carbons (Fsp3) is 0.455. The third-order valence-electron chi connectivity index (χ3n) is 2.62. The molecule has 2 amide bonds. The molecule has 0 bridgehead atoms. The molecule has 86 valence electrons. The van der Waals surface area contributed by atoms with Crippen LogP contribution in [0.2, 0.25) is 0 Å². The van der Waals surface area contributed by atoms with Gasteiger partial charge < -0.3 is 10.6 Å². The summed E-state index contributed by atoms with van der Waals surface area (Å²) in [6, 6.07) is 1.38. The second-order valence-electron chi connectivity index (χ2n) is 3.82. The second-order valence-corrected chi connectivity index (χ2v) is 4.60. The Morgan fingerprint density at radius 1 is 1.50 bits per heavy atom. The van der Waals surface area contributed by atoms with Gasteiger partial charge in [-0.3, -0.25) is 9.59 Å². The van der Waals surface area contributed by atoms with E-state index in [0.717, 1.165) is 19.3 Å². The van der Waals surface area contributed by atoms with E-state index in [1.165, 1.54) is 11.3 Å². The molecule has 0 radical (unpaired) electrons. The van der Waals surface area contributed by atoms with Gasteiger partial charge in [0.15, 0.2) is 0 Å². The maximum absolute atomic E-state index is 11.7. The molecule has 0 saturated carbocycles. The number of rotatable bonds is 2. The lowest BCUT2D eigenvalue weighted by atomic mass is 10.1. The van der Waals surface area contributed by atoms with Crippen LogP contribution < -0.4 is 10.6 Å². The SMILES string of the molecule is O=C(N[C@H]1CCCCNC1=O)c1ccsc1. The zero-order valence-electron chi connectivity index (χ0n) is 8.86. The molecule has 4 nitrogen and oxygen atoms in total. The third-order valence-corrected chi connectivity index (χ3v) is 3.31. The first-order chi connectivity index (χ1) is 7.77. The quantitative estimate of drug-likeness (QED) is 0.812. The van der Waals surface area contributed by atoms with E-state index in [2.05, 4.69) is 10.6 Å². The van der Waals surface area contributed by atoms with E-state index in [4.69, 9.17) is 0 Å². The van der Waals surface area contributed by atoms with Crippen molar-refractivity contribution in [1.82, 2.24) is 10.6 Å². The van der Waals surface area contributed by atoms with E-state index in [9.17, 15) is 9.59 Å². The lowest BCUT2D eigenvalue weighted by Crippen LogP contribution is -2.45. The Kier molecular flexibility index (Phi) is 3.56. The Balaban J connectivity index is 1.97. The molecule has 1 atom stereocenters. The largest absolute Gasteiger partial charge is 0.354 e. The standard InChI is InChI=1S/C11H14N2O2S/c14-10(8-4-6-16-7-8)13-9-3-1-2-5-12-11(9)15/h4,6-7,9H,1-3,5H2,(H,12,15)(H,13,14)/t9-/m0/s1. The van der Waals surface area contributed by atoms with Crippen molar-refractivity contribution in [2.75, 3.05) is 6.54 Å². The molecule has 1 aliphatic rings.